The molecule has 86 valence electrons. The van der Waals surface area contributed by atoms with Gasteiger partial charge in [0, 0.05) is 6.42 Å². The van der Waals surface area contributed by atoms with E-state index in [9.17, 15) is 4.79 Å². The summed E-state index contributed by atoms with van der Waals surface area (Å²) in [4.78, 5) is 11.3. The van der Waals surface area contributed by atoms with Crippen LogP contribution in [0.3, 0.4) is 0 Å². The van der Waals surface area contributed by atoms with E-state index in [-0.39, 0.29) is 11.9 Å². The zero-order valence-electron chi connectivity index (χ0n) is 9.99. The van der Waals surface area contributed by atoms with Crippen molar-refractivity contribution in [2.75, 3.05) is 0 Å². The van der Waals surface area contributed by atoms with Crippen LogP contribution < -0.4 is 5.32 Å². The standard InChI is InChI=1S/C14H19NO/c1-10(2)11-6-8-12(9-7-11)13-4-3-5-14(16)15-13/h6-10,13H,3-5H2,1-2H3,(H,15,16). The first-order valence-corrected chi connectivity index (χ1v) is 6.06. The zero-order chi connectivity index (χ0) is 11.5. The molecule has 0 bridgehead atoms. The fourth-order valence-electron chi connectivity index (χ4n) is 2.17. The summed E-state index contributed by atoms with van der Waals surface area (Å²) in [5.74, 6) is 0.749. The van der Waals surface area contributed by atoms with Gasteiger partial charge in [-0.05, 0) is 29.9 Å². The predicted molar refractivity (Wildman–Crippen MR) is 65.3 cm³/mol. The van der Waals surface area contributed by atoms with Gasteiger partial charge >= 0.3 is 0 Å². The van der Waals surface area contributed by atoms with E-state index in [0.717, 1.165) is 12.8 Å². The summed E-state index contributed by atoms with van der Waals surface area (Å²) in [5.41, 5.74) is 2.59. The van der Waals surface area contributed by atoms with E-state index >= 15 is 0 Å². The quantitative estimate of drug-likeness (QED) is 0.810. The van der Waals surface area contributed by atoms with Crippen molar-refractivity contribution in [1.29, 1.82) is 0 Å². The minimum Gasteiger partial charge on any atom is -0.349 e. The maximum Gasteiger partial charge on any atom is 0.220 e. The lowest BCUT2D eigenvalue weighted by Gasteiger charge is -2.23. The van der Waals surface area contributed by atoms with Gasteiger partial charge in [-0.3, -0.25) is 4.79 Å². The van der Waals surface area contributed by atoms with Crippen LogP contribution in [-0.4, -0.2) is 5.91 Å². The Hall–Kier alpha value is -1.31. The summed E-state index contributed by atoms with van der Waals surface area (Å²) in [5, 5.41) is 3.04. The Morgan fingerprint density at radius 2 is 1.94 bits per heavy atom. The summed E-state index contributed by atoms with van der Waals surface area (Å²) >= 11 is 0. The van der Waals surface area contributed by atoms with Crippen molar-refractivity contribution in [3.8, 4) is 0 Å². The SMILES string of the molecule is CC(C)c1ccc(C2CCCC(=O)N2)cc1. The second-order valence-electron chi connectivity index (χ2n) is 4.83. The summed E-state index contributed by atoms with van der Waals surface area (Å²) in [6.07, 6.45) is 2.75. The predicted octanol–water partition coefficient (Wildman–Crippen LogP) is 3.15. The van der Waals surface area contributed by atoms with Gasteiger partial charge in [0.15, 0.2) is 0 Å². The fourth-order valence-corrected chi connectivity index (χ4v) is 2.17. The second-order valence-corrected chi connectivity index (χ2v) is 4.83. The van der Waals surface area contributed by atoms with Gasteiger partial charge in [0.05, 0.1) is 6.04 Å². The molecule has 2 heteroatoms. The summed E-state index contributed by atoms with van der Waals surface area (Å²) in [7, 11) is 0. The average molecular weight is 217 g/mol. The van der Waals surface area contributed by atoms with Crippen LogP contribution in [0.25, 0.3) is 0 Å². The van der Waals surface area contributed by atoms with Crippen molar-refractivity contribution < 1.29 is 4.79 Å². The Bertz CT molecular complexity index is 367. The molecule has 1 unspecified atom stereocenters. The number of rotatable bonds is 2. The van der Waals surface area contributed by atoms with Crippen molar-refractivity contribution in [1.82, 2.24) is 5.32 Å². The Morgan fingerprint density at radius 1 is 1.25 bits per heavy atom. The number of hydrogen-bond acceptors (Lipinski definition) is 1. The highest BCUT2D eigenvalue weighted by atomic mass is 16.1. The van der Waals surface area contributed by atoms with E-state index in [1.54, 1.807) is 0 Å². The molecule has 1 saturated heterocycles. The minimum atomic E-state index is 0.184. The van der Waals surface area contributed by atoms with Crippen molar-refractivity contribution in [3.05, 3.63) is 35.4 Å². The third-order valence-electron chi connectivity index (χ3n) is 3.24. The molecule has 0 spiro atoms. The van der Waals surface area contributed by atoms with Crippen LogP contribution in [0.1, 0.15) is 56.2 Å². The summed E-state index contributed by atoms with van der Waals surface area (Å²) < 4.78 is 0. The van der Waals surface area contributed by atoms with E-state index in [2.05, 4.69) is 43.4 Å². The van der Waals surface area contributed by atoms with Crippen LogP contribution in [0.5, 0.6) is 0 Å². The molecule has 0 aromatic heterocycles. The first-order chi connectivity index (χ1) is 7.66. The van der Waals surface area contributed by atoms with Gasteiger partial charge in [-0.2, -0.15) is 0 Å². The normalized spacial score (nSPS) is 20.9. The van der Waals surface area contributed by atoms with Gasteiger partial charge in [0.1, 0.15) is 0 Å². The maximum absolute atomic E-state index is 11.3. The Balaban J connectivity index is 2.11. The van der Waals surface area contributed by atoms with E-state index < -0.39 is 0 Å². The van der Waals surface area contributed by atoms with E-state index in [0.29, 0.717) is 12.3 Å². The Kier molecular flexibility index (Phi) is 3.28. The molecule has 0 radical (unpaired) electrons. The molecule has 1 heterocycles. The van der Waals surface area contributed by atoms with E-state index in [4.69, 9.17) is 0 Å². The van der Waals surface area contributed by atoms with Gasteiger partial charge in [-0.25, -0.2) is 0 Å². The number of carbonyl (C=O) groups excluding carboxylic acids is 1. The number of hydrogen-bond donors (Lipinski definition) is 1. The monoisotopic (exact) mass is 217 g/mol. The van der Waals surface area contributed by atoms with Crippen LogP contribution in [0.4, 0.5) is 0 Å². The van der Waals surface area contributed by atoms with Crippen LogP contribution in [0.15, 0.2) is 24.3 Å². The molecule has 1 amide bonds. The molecule has 0 saturated carbocycles. The van der Waals surface area contributed by atoms with Crippen LogP contribution in [0, 0.1) is 0 Å². The summed E-state index contributed by atoms with van der Waals surface area (Å²) in [6.45, 7) is 4.38. The topological polar surface area (TPSA) is 29.1 Å². The highest BCUT2D eigenvalue weighted by Gasteiger charge is 2.19. The molecule has 1 aliphatic rings. The van der Waals surface area contributed by atoms with Gasteiger partial charge in [0.25, 0.3) is 0 Å². The number of nitrogens with one attached hydrogen (secondary N) is 1. The minimum absolute atomic E-state index is 0.184. The molecular formula is C14H19NO. The van der Waals surface area contributed by atoms with Gasteiger partial charge in [-0.15, -0.1) is 0 Å². The van der Waals surface area contributed by atoms with Gasteiger partial charge in [0.2, 0.25) is 5.91 Å². The highest BCUT2D eigenvalue weighted by Crippen LogP contribution is 2.25. The third-order valence-corrected chi connectivity index (χ3v) is 3.24. The average Bonchev–Trinajstić information content (AvgIpc) is 2.29. The lowest BCUT2D eigenvalue weighted by Crippen LogP contribution is -2.32. The van der Waals surface area contributed by atoms with Crippen molar-refractivity contribution >= 4 is 5.91 Å². The molecule has 1 atom stereocenters. The van der Waals surface area contributed by atoms with Crippen molar-refractivity contribution in [2.24, 2.45) is 0 Å². The molecule has 16 heavy (non-hydrogen) atoms. The molecule has 1 fully saturated rings. The fraction of sp³-hybridized carbons (Fsp3) is 0.500. The molecule has 0 aliphatic carbocycles. The molecule has 1 aromatic carbocycles. The van der Waals surface area contributed by atoms with E-state index in [1.165, 1.54) is 11.1 Å². The highest BCUT2D eigenvalue weighted by molar-refractivity contribution is 5.77. The zero-order valence-corrected chi connectivity index (χ0v) is 9.99. The number of carbonyl (C=O) groups is 1. The number of amides is 1. The molecule has 1 aliphatic heterocycles. The van der Waals surface area contributed by atoms with Crippen LogP contribution in [-0.2, 0) is 4.79 Å². The molecule has 1 N–H and O–H groups in total. The third kappa shape index (κ3) is 2.43. The van der Waals surface area contributed by atoms with Gasteiger partial charge < -0.3 is 5.32 Å². The Labute approximate surface area is 97.1 Å². The van der Waals surface area contributed by atoms with Gasteiger partial charge in [-0.1, -0.05) is 38.1 Å². The van der Waals surface area contributed by atoms with E-state index in [1.807, 2.05) is 0 Å². The number of piperidine rings is 1. The summed E-state index contributed by atoms with van der Waals surface area (Å²) in [6, 6.07) is 8.85. The Morgan fingerprint density at radius 3 is 2.50 bits per heavy atom. The molecule has 2 rings (SSSR count). The lowest BCUT2D eigenvalue weighted by molar-refractivity contribution is -0.123. The first kappa shape index (κ1) is 11.2. The molecule has 2 nitrogen and oxygen atoms in total. The number of benzene rings is 1. The largest absolute Gasteiger partial charge is 0.349 e. The second kappa shape index (κ2) is 4.69. The van der Waals surface area contributed by atoms with Crippen LogP contribution in [0.2, 0.25) is 0 Å². The molecular weight excluding hydrogens is 198 g/mol. The van der Waals surface area contributed by atoms with Crippen LogP contribution >= 0.6 is 0 Å². The maximum atomic E-state index is 11.3. The molecule has 1 aromatic rings. The lowest BCUT2D eigenvalue weighted by atomic mass is 9.94. The first-order valence-electron chi connectivity index (χ1n) is 6.06. The van der Waals surface area contributed by atoms with Crippen molar-refractivity contribution in [3.63, 3.8) is 0 Å². The smallest absolute Gasteiger partial charge is 0.220 e. The van der Waals surface area contributed by atoms with Crippen molar-refractivity contribution in [2.45, 2.75) is 45.1 Å².